The summed E-state index contributed by atoms with van der Waals surface area (Å²) < 4.78 is 0. The van der Waals surface area contributed by atoms with Gasteiger partial charge in [-0.2, -0.15) is 5.10 Å². The number of hydrazone groups is 1. The molecule has 0 saturated heterocycles. The van der Waals surface area contributed by atoms with Gasteiger partial charge in [-0.3, -0.25) is 9.59 Å². The molecule has 2 amide bonds. The molecule has 0 saturated carbocycles. The molecule has 0 aliphatic carbocycles. The van der Waals surface area contributed by atoms with E-state index in [0.29, 0.717) is 0 Å². The Kier molecular flexibility index (Phi) is 6.69. The minimum Gasteiger partial charge on any atom is -0.344 e. The molecule has 0 radical (unpaired) electrons. The molecule has 0 fully saturated rings. The average Bonchev–Trinajstić information content (AvgIpc) is 3.06. The first-order valence-corrected chi connectivity index (χ1v) is 8.64. The van der Waals surface area contributed by atoms with Gasteiger partial charge in [0.1, 0.15) is 6.04 Å². The van der Waals surface area contributed by atoms with E-state index in [0.717, 1.165) is 10.4 Å². The molecule has 6 heteroatoms. The zero-order valence-corrected chi connectivity index (χ0v) is 14.5. The smallest absolute Gasteiger partial charge is 0.262 e. The lowest BCUT2D eigenvalue weighted by molar-refractivity contribution is -0.129. The SMILES string of the molecule is CC(C)[C@@H](NC(=O)Cc1cccs1)C(=O)N/N=C/c1ccccc1. The predicted octanol–water partition coefficient (Wildman–Crippen LogP) is 2.58. The fourth-order valence-corrected chi connectivity index (χ4v) is 2.81. The topological polar surface area (TPSA) is 70.6 Å². The molecule has 1 aromatic carbocycles. The number of carbonyl (C=O) groups excluding carboxylic acids is 2. The van der Waals surface area contributed by atoms with Gasteiger partial charge in [0.05, 0.1) is 12.6 Å². The van der Waals surface area contributed by atoms with Crippen LogP contribution in [0.25, 0.3) is 0 Å². The summed E-state index contributed by atoms with van der Waals surface area (Å²) >= 11 is 1.52. The summed E-state index contributed by atoms with van der Waals surface area (Å²) in [5.41, 5.74) is 3.38. The molecule has 2 N–H and O–H groups in total. The van der Waals surface area contributed by atoms with Crippen molar-refractivity contribution in [1.82, 2.24) is 10.7 Å². The molecule has 0 aliphatic rings. The van der Waals surface area contributed by atoms with Crippen LogP contribution in [0.1, 0.15) is 24.3 Å². The number of carbonyl (C=O) groups is 2. The quantitative estimate of drug-likeness (QED) is 0.599. The van der Waals surface area contributed by atoms with Gasteiger partial charge in [0.2, 0.25) is 5.91 Å². The van der Waals surface area contributed by atoms with Crippen molar-refractivity contribution in [3.05, 3.63) is 58.3 Å². The van der Waals surface area contributed by atoms with Crippen LogP contribution < -0.4 is 10.7 Å². The molecule has 24 heavy (non-hydrogen) atoms. The fraction of sp³-hybridized carbons (Fsp3) is 0.278. The van der Waals surface area contributed by atoms with Gasteiger partial charge in [-0.25, -0.2) is 5.43 Å². The Bertz CT molecular complexity index is 682. The number of benzene rings is 1. The van der Waals surface area contributed by atoms with Crippen molar-refractivity contribution < 1.29 is 9.59 Å². The summed E-state index contributed by atoms with van der Waals surface area (Å²) in [6, 6.07) is 12.7. The van der Waals surface area contributed by atoms with Crippen LogP contribution in [0.5, 0.6) is 0 Å². The molecule has 0 unspecified atom stereocenters. The molecule has 2 rings (SSSR count). The molecule has 126 valence electrons. The summed E-state index contributed by atoms with van der Waals surface area (Å²) in [4.78, 5) is 25.3. The summed E-state index contributed by atoms with van der Waals surface area (Å²) in [6.07, 6.45) is 1.85. The predicted molar refractivity (Wildman–Crippen MR) is 97.0 cm³/mol. The third-order valence-corrected chi connectivity index (χ3v) is 4.24. The summed E-state index contributed by atoms with van der Waals surface area (Å²) in [5, 5.41) is 8.66. The second kappa shape index (κ2) is 8.98. The van der Waals surface area contributed by atoms with E-state index >= 15 is 0 Å². The van der Waals surface area contributed by atoms with E-state index in [1.165, 1.54) is 11.3 Å². The van der Waals surface area contributed by atoms with E-state index in [1.54, 1.807) is 6.21 Å². The van der Waals surface area contributed by atoms with Gasteiger partial charge in [0.15, 0.2) is 0 Å². The second-order valence-corrected chi connectivity index (χ2v) is 6.72. The minimum absolute atomic E-state index is 0.0378. The van der Waals surface area contributed by atoms with Crippen LogP contribution in [-0.4, -0.2) is 24.1 Å². The largest absolute Gasteiger partial charge is 0.344 e. The van der Waals surface area contributed by atoms with Crippen molar-refractivity contribution in [2.75, 3.05) is 0 Å². The number of nitrogens with zero attached hydrogens (tertiary/aromatic N) is 1. The first-order chi connectivity index (χ1) is 11.6. The fourth-order valence-electron chi connectivity index (χ4n) is 2.11. The molecule has 0 aliphatic heterocycles. The van der Waals surface area contributed by atoms with Crippen LogP contribution in [0.15, 0.2) is 52.9 Å². The van der Waals surface area contributed by atoms with Crippen LogP contribution in [0.4, 0.5) is 0 Å². The summed E-state index contributed by atoms with van der Waals surface area (Å²) in [6.45, 7) is 3.77. The Morgan fingerprint density at radius 3 is 2.54 bits per heavy atom. The maximum absolute atomic E-state index is 12.3. The zero-order valence-electron chi connectivity index (χ0n) is 13.7. The van der Waals surface area contributed by atoms with Crippen LogP contribution in [0.2, 0.25) is 0 Å². The third kappa shape index (κ3) is 5.62. The van der Waals surface area contributed by atoms with Crippen molar-refractivity contribution in [2.45, 2.75) is 26.3 Å². The Morgan fingerprint density at radius 2 is 1.92 bits per heavy atom. The molecule has 1 aromatic heterocycles. The van der Waals surface area contributed by atoms with Crippen LogP contribution in [0.3, 0.4) is 0 Å². The molecular weight excluding hydrogens is 322 g/mol. The normalized spacial score (nSPS) is 12.3. The maximum Gasteiger partial charge on any atom is 0.262 e. The molecule has 0 spiro atoms. The third-order valence-electron chi connectivity index (χ3n) is 3.37. The average molecular weight is 343 g/mol. The van der Waals surface area contributed by atoms with Gasteiger partial charge in [0.25, 0.3) is 5.91 Å². The van der Waals surface area contributed by atoms with Crippen molar-refractivity contribution >= 4 is 29.4 Å². The molecule has 2 aromatic rings. The van der Waals surface area contributed by atoms with Gasteiger partial charge >= 0.3 is 0 Å². The maximum atomic E-state index is 12.3. The first kappa shape index (κ1) is 17.9. The number of amides is 2. The Labute approximate surface area is 145 Å². The Morgan fingerprint density at radius 1 is 1.17 bits per heavy atom. The first-order valence-electron chi connectivity index (χ1n) is 7.76. The van der Waals surface area contributed by atoms with E-state index in [9.17, 15) is 9.59 Å². The molecule has 5 nitrogen and oxygen atoms in total. The molecule has 1 atom stereocenters. The lowest BCUT2D eigenvalue weighted by atomic mass is 10.0. The van der Waals surface area contributed by atoms with E-state index in [-0.39, 0.29) is 24.2 Å². The number of rotatable bonds is 7. The highest BCUT2D eigenvalue weighted by Gasteiger charge is 2.24. The van der Waals surface area contributed by atoms with Gasteiger partial charge in [-0.15, -0.1) is 11.3 Å². The van der Waals surface area contributed by atoms with Gasteiger partial charge < -0.3 is 5.32 Å². The van der Waals surface area contributed by atoms with Crippen molar-refractivity contribution in [3.63, 3.8) is 0 Å². The standard InChI is InChI=1S/C18H21N3O2S/c1-13(2)17(20-16(22)11-15-9-6-10-24-15)18(23)21-19-12-14-7-4-3-5-8-14/h3-10,12-13,17H,11H2,1-2H3,(H,20,22)(H,21,23)/b19-12+/t17-/m1/s1. The van der Waals surface area contributed by atoms with E-state index in [4.69, 9.17) is 0 Å². The van der Waals surface area contributed by atoms with E-state index in [2.05, 4.69) is 15.8 Å². The number of hydrogen-bond donors (Lipinski definition) is 2. The Balaban J connectivity index is 1.90. The lowest BCUT2D eigenvalue weighted by Crippen LogP contribution is -2.49. The van der Waals surface area contributed by atoms with Crippen molar-refractivity contribution in [2.24, 2.45) is 11.0 Å². The van der Waals surface area contributed by atoms with Gasteiger partial charge in [0, 0.05) is 4.88 Å². The summed E-state index contributed by atoms with van der Waals surface area (Å²) in [7, 11) is 0. The zero-order chi connectivity index (χ0) is 17.4. The lowest BCUT2D eigenvalue weighted by Gasteiger charge is -2.20. The van der Waals surface area contributed by atoms with Crippen LogP contribution >= 0.6 is 11.3 Å². The highest BCUT2D eigenvalue weighted by Crippen LogP contribution is 2.10. The monoisotopic (exact) mass is 343 g/mol. The van der Waals surface area contributed by atoms with Crippen molar-refractivity contribution in [1.29, 1.82) is 0 Å². The highest BCUT2D eigenvalue weighted by atomic mass is 32.1. The molecule has 0 bridgehead atoms. The van der Waals surface area contributed by atoms with E-state index < -0.39 is 6.04 Å². The molecule has 1 heterocycles. The number of nitrogens with one attached hydrogen (secondary N) is 2. The van der Waals surface area contributed by atoms with Crippen LogP contribution in [-0.2, 0) is 16.0 Å². The Hall–Kier alpha value is -2.47. The summed E-state index contributed by atoms with van der Waals surface area (Å²) in [5.74, 6) is -0.528. The van der Waals surface area contributed by atoms with Gasteiger partial charge in [-0.1, -0.05) is 50.2 Å². The van der Waals surface area contributed by atoms with Gasteiger partial charge in [-0.05, 0) is 22.9 Å². The molecular formula is C18H21N3O2S. The second-order valence-electron chi connectivity index (χ2n) is 5.69. The van der Waals surface area contributed by atoms with Crippen LogP contribution in [0, 0.1) is 5.92 Å². The number of thiophene rings is 1. The van der Waals surface area contributed by atoms with Crippen molar-refractivity contribution in [3.8, 4) is 0 Å². The van der Waals surface area contributed by atoms with E-state index in [1.807, 2.05) is 61.7 Å². The minimum atomic E-state index is -0.620. The highest BCUT2D eigenvalue weighted by molar-refractivity contribution is 7.10. The number of hydrogen-bond acceptors (Lipinski definition) is 4.